The van der Waals surface area contributed by atoms with Gasteiger partial charge in [-0.3, -0.25) is 0 Å². The topological polar surface area (TPSA) is 9.23 Å². The summed E-state index contributed by atoms with van der Waals surface area (Å²) >= 11 is 0. The van der Waals surface area contributed by atoms with Crippen LogP contribution < -0.4 is 4.74 Å². The van der Waals surface area contributed by atoms with Crippen LogP contribution in [-0.4, -0.2) is 0 Å². The van der Waals surface area contributed by atoms with Crippen molar-refractivity contribution in [1.29, 1.82) is 0 Å². The lowest BCUT2D eigenvalue weighted by Gasteiger charge is -2.19. The molecule has 5 aromatic carbocycles. The molecule has 0 unspecified atom stereocenters. The predicted octanol–water partition coefficient (Wildman–Crippen LogP) is 11.0. The van der Waals surface area contributed by atoms with Crippen molar-refractivity contribution in [1.82, 2.24) is 0 Å². The minimum Gasteiger partial charge on any atom is -0.429 e. The molecule has 0 saturated carbocycles. The van der Waals surface area contributed by atoms with E-state index in [0.29, 0.717) is 0 Å². The van der Waals surface area contributed by atoms with Gasteiger partial charge in [0, 0.05) is 11.1 Å². The average Bonchev–Trinajstić information content (AvgIpc) is 2.94. The third-order valence-electron chi connectivity index (χ3n) is 7.00. The number of benzene rings is 5. The van der Waals surface area contributed by atoms with E-state index in [9.17, 15) is 30.7 Å². The first kappa shape index (κ1) is 30.9. The summed E-state index contributed by atoms with van der Waals surface area (Å²) < 4.78 is 147. The highest BCUT2D eigenvalue weighted by molar-refractivity contribution is 5.92. The second-order valence-electron chi connectivity index (χ2n) is 9.98. The molecule has 0 saturated heterocycles. The fourth-order valence-electron chi connectivity index (χ4n) is 4.88. The number of rotatable bonds is 7. The van der Waals surface area contributed by atoms with E-state index in [-0.39, 0.29) is 40.0 Å². The highest BCUT2D eigenvalue weighted by Gasteiger charge is 2.38. The Morgan fingerprint density at radius 2 is 1.23 bits per heavy atom. The number of halogens is 10. The lowest BCUT2D eigenvalue weighted by molar-refractivity contribution is -0.185. The summed E-state index contributed by atoms with van der Waals surface area (Å²) in [6.45, 7) is 1.96. The third-order valence-corrected chi connectivity index (χ3v) is 7.00. The smallest absolute Gasteiger partial charge is 0.426 e. The molecule has 44 heavy (non-hydrogen) atoms. The molecule has 0 N–H and O–H groups in total. The second kappa shape index (κ2) is 11.5. The number of hydrogen-bond acceptors (Lipinski definition) is 1. The first-order chi connectivity index (χ1) is 20.7. The average molecular weight is 623 g/mol. The Kier molecular flexibility index (Phi) is 8.09. The monoisotopic (exact) mass is 622 g/mol. The van der Waals surface area contributed by atoms with Crippen LogP contribution in [-0.2, 0) is 18.7 Å². The molecule has 0 amide bonds. The Morgan fingerprint density at radius 1 is 0.614 bits per heavy atom. The normalized spacial score (nSPS) is 12.2. The molecule has 0 aromatic heterocycles. The number of hydrogen-bond donors (Lipinski definition) is 0. The fraction of sp³-hybridized carbons (Fsp3) is 0.152. The quantitative estimate of drug-likeness (QED) is 0.164. The number of aryl methyl sites for hydroxylation is 1. The summed E-state index contributed by atoms with van der Waals surface area (Å²) in [6, 6.07) is 13.9. The predicted molar refractivity (Wildman–Crippen MR) is 145 cm³/mol. The molecule has 0 aliphatic heterocycles. The van der Waals surface area contributed by atoms with Crippen molar-refractivity contribution in [2.24, 2.45) is 0 Å². The molecule has 0 aliphatic carbocycles. The number of fused-ring (bicyclic) bond motifs is 1. The van der Waals surface area contributed by atoms with Crippen molar-refractivity contribution >= 4 is 10.8 Å². The Morgan fingerprint density at radius 3 is 1.80 bits per heavy atom. The highest BCUT2D eigenvalue weighted by Crippen LogP contribution is 2.40. The molecule has 11 heteroatoms. The molecule has 5 aromatic rings. The minimum absolute atomic E-state index is 0.0271. The zero-order valence-corrected chi connectivity index (χ0v) is 22.6. The van der Waals surface area contributed by atoms with Gasteiger partial charge >= 0.3 is 12.3 Å². The van der Waals surface area contributed by atoms with Crippen LogP contribution in [0.1, 0.15) is 30.0 Å². The molecular formula is C33H20F10O. The van der Waals surface area contributed by atoms with E-state index in [2.05, 4.69) is 0 Å². The lowest BCUT2D eigenvalue weighted by atomic mass is 9.95. The van der Waals surface area contributed by atoms with Crippen molar-refractivity contribution in [3.8, 4) is 28.0 Å². The summed E-state index contributed by atoms with van der Waals surface area (Å²) in [6.07, 6.45) is -7.47. The van der Waals surface area contributed by atoms with Crippen LogP contribution in [0.4, 0.5) is 43.9 Å². The van der Waals surface area contributed by atoms with Gasteiger partial charge in [0.25, 0.3) is 0 Å². The number of ether oxygens (including phenoxy) is 1. The van der Waals surface area contributed by atoms with Crippen LogP contribution in [0, 0.1) is 29.1 Å². The van der Waals surface area contributed by atoms with Crippen molar-refractivity contribution in [2.45, 2.75) is 32.1 Å². The van der Waals surface area contributed by atoms with Crippen LogP contribution in [0.2, 0.25) is 0 Å². The van der Waals surface area contributed by atoms with Gasteiger partial charge in [0.1, 0.15) is 28.8 Å². The molecule has 228 valence electrons. The maximum Gasteiger partial charge on any atom is 0.426 e. The zero-order chi connectivity index (χ0) is 32.0. The van der Waals surface area contributed by atoms with E-state index in [1.165, 1.54) is 24.3 Å². The van der Waals surface area contributed by atoms with Crippen LogP contribution in [0.25, 0.3) is 33.0 Å². The molecule has 0 heterocycles. The number of alkyl halides is 5. The van der Waals surface area contributed by atoms with E-state index < -0.39 is 63.4 Å². The molecule has 0 aliphatic rings. The van der Waals surface area contributed by atoms with Gasteiger partial charge < -0.3 is 4.74 Å². The Labute approximate surface area is 244 Å². The van der Waals surface area contributed by atoms with Gasteiger partial charge in [0.15, 0.2) is 11.6 Å². The SMILES string of the molecule is CCCc1ccc(C(F)(F)Oc2ccc(-c3cc4ccc(-c5cc(F)c(C(F)(F)F)c(F)c5)c(F)c4c(F)c3F)cc2)cc1. The first-order valence-corrected chi connectivity index (χ1v) is 13.1. The van der Waals surface area contributed by atoms with E-state index in [4.69, 9.17) is 4.74 Å². The fourth-order valence-corrected chi connectivity index (χ4v) is 4.88. The van der Waals surface area contributed by atoms with Gasteiger partial charge in [-0.05, 0) is 71.0 Å². The maximum atomic E-state index is 15.4. The molecule has 1 nitrogen and oxygen atoms in total. The van der Waals surface area contributed by atoms with Gasteiger partial charge in [-0.15, -0.1) is 0 Å². The van der Waals surface area contributed by atoms with Crippen molar-refractivity contribution in [2.75, 3.05) is 0 Å². The zero-order valence-electron chi connectivity index (χ0n) is 22.6. The summed E-state index contributed by atoms with van der Waals surface area (Å²) in [5, 5.41) is -1.10. The highest BCUT2D eigenvalue weighted by atomic mass is 19.4. The summed E-state index contributed by atoms with van der Waals surface area (Å²) in [7, 11) is 0. The standard InChI is InChI=1S/C33H20F10O/c1-2-3-17-4-9-21(10-5-17)33(42,43)44-22-11-6-18(7-12-22)24-14-19-8-13-23(29(36)27(19)31(38)30(24)37)20-15-25(34)28(26(35)16-20)32(39,40)41/h4-16H,2-3H2,1H3. The van der Waals surface area contributed by atoms with Crippen LogP contribution >= 0.6 is 0 Å². The lowest BCUT2D eigenvalue weighted by Crippen LogP contribution is -2.21. The van der Waals surface area contributed by atoms with E-state index >= 15 is 13.2 Å². The van der Waals surface area contributed by atoms with Gasteiger partial charge in [-0.2, -0.15) is 22.0 Å². The van der Waals surface area contributed by atoms with Crippen molar-refractivity contribution in [3.05, 3.63) is 125 Å². The van der Waals surface area contributed by atoms with E-state index in [1.54, 1.807) is 12.1 Å². The largest absolute Gasteiger partial charge is 0.429 e. The maximum absolute atomic E-state index is 15.4. The minimum atomic E-state index is -5.36. The van der Waals surface area contributed by atoms with Crippen molar-refractivity contribution in [3.63, 3.8) is 0 Å². The Bertz CT molecular complexity index is 1820. The molecule has 0 spiro atoms. The molecule has 5 rings (SSSR count). The Hall–Kier alpha value is -4.54. The third kappa shape index (κ3) is 5.82. The molecule has 0 bridgehead atoms. The van der Waals surface area contributed by atoms with Crippen molar-refractivity contribution < 1.29 is 48.6 Å². The van der Waals surface area contributed by atoms with Crippen LogP contribution in [0.15, 0.2) is 78.9 Å². The first-order valence-electron chi connectivity index (χ1n) is 13.1. The van der Waals surface area contributed by atoms with Gasteiger partial charge in [0.05, 0.1) is 10.9 Å². The van der Waals surface area contributed by atoms with Crippen LogP contribution in [0.5, 0.6) is 5.75 Å². The second-order valence-corrected chi connectivity index (χ2v) is 9.98. The summed E-state index contributed by atoms with van der Waals surface area (Å²) in [5.74, 6) is -8.96. The molecular weight excluding hydrogens is 602 g/mol. The molecule has 0 atom stereocenters. The van der Waals surface area contributed by atoms with Gasteiger partial charge in [0.2, 0.25) is 0 Å². The van der Waals surface area contributed by atoms with Gasteiger partial charge in [-0.25, -0.2) is 22.0 Å². The molecule has 0 fully saturated rings. The summed E-state index contributed by atoms with van der Waals surface area (Å²) in [4.78, 5) is 0. The summed E-state index contributed by atoms with van der Waals surface area (Å²) in [5.41, 5.74) is -3.34. The molecule has 0 radical (unpaired) electrons. The van der Waals surface area contributed by atoms with E-state index in [1.807, 2.05) is 6.92 Å². The van der Waals surface area contributed by atoms with Gasteiger partial charge in [-0.1, -0.05) is 49.7 Å². The van der Waals surface area contributed by atoms with E-state index in [0.717, 1.165) is 48.7 Å². The Balaban J connectivity index is 1.46. The van der Waals surface area contributed by atoms with Crippen LogP contribution in [0.3, 0.4) is 0 Å².